The molecule has 4 amide bonds. The van der Waals surface area contributed by atoms with Gasteiger partial charge in [-0.1, -0.05) is 6.42 Å². The number of carbonyl (C=O) groups is 3. The van der Waals surface area contributed by atoms with Gasteiger partial charge in [-0.25, -0.2) is 4.79 Å². The third kappa shape index (κ3) is 7.13. The minimum Gasteiger partial charge on any atom is -0.356 e. The Hall–Kier alpha value is -1.44. The fourth-order valence-electron chi connectivity index (χ4n) is 3.28. The van der Waals surface area contributed by atoms with E-state index in [0.717, 1.165) is 44.3 Å². The van der Waals surface area contributed by atoms with Gasteiger partial charge in [0.15, 0.2) is 0 Å². The van der Waals surface area contributed by atoms with Crippen LogP contribution in [0.3, 0.4) is 0 Å². The van der Waals surface area contributed by atoms with Gasteiger partial charge in [-0.3, -0.25) is 9.59 Å². The largest absolute Gasteiger partial charge is 0.356 e. The van der Waals surface area contributed by atoms with Crippen molar-refractivity contribution in [3.8, 4) is 0 Å². The minimum absolute atomic E-state index is 0.00593. The highest BCUT2D eigenvalue weighted by molar-refractivity contribution is 8.00. The summed E-state index contributed by atoms with van der Waals surface area (Å²) in [6, 6.07) is 0.483. The zero-order valence-corrected chi connectivity index (χ0v) is 15.8. The predicted octanol–water partition coefficient (Wildman–Crippen LogP) is 1.13. The number of carbonyl (C=O) groups excluding carboxylic acids is 3. The Kier molecular flexibility index (Phi) is 8.37. The molecule has 4 N–H and O–H groups in total. The van der Waals surface area contributed by atoms with Crippen LogP contribution in [0.4, 0.5) is 4.79 Å². The van der Waals surface area contributed by atoms with Crippen LogP contribution in [0.25, 0.3) is 0 Å². The molecule has 0 aliphatic carbocycles. The van der Waals surface area contributed by atoms with Gasteiger partial charge in [0, 0.05) is 37.4 Å². The average Bonchev–Trinajstić information content (AvgIpc) is 3.10. The maximum absolute atomic E-state index is 11.8. The van der Waals surface area contributed by atoms with Crippen molar-refractivity contribution in [2.45, 2.75) is 69.2 Å². The molecule has 2 rings (SSSR count). The fraction of sp³-hybridized carbons (Fsp3) is 0.824. The first kappa shape index (κ1) is 19.9. The lowest BCUT2D eigenvalue weighted by atomic mass is 10.0. The molecule has 0 unspecified atom stereocenters. The summed E-state index contributed by atoms with van der Waals surface area (Å²) >= 11 is 1.92. The van der Waals surface area contributed by atoms with Crippen molar-refractivity contribution < 1.29 is 14.4 Å². The average molecular weight is 371 g/mol. The quantitative estimate of drug-likeness (QED) is 0.324. The van der Waals surface area contributed by atoms with Gasteiger partial charge in [-0.15, -0.1) is 0 Å². The van der Waals surface area contributed by atoms with Crippen LogP contribution in [0.1, 0.15) is 51.9 Å². The van der Waals surface area contributed by atoms with Crippen LogP contribution in [0.5, 0.6) is 0 Å². The van der Waals surface area contributed by atoms with Crippen LogP contribution in [-0.4, -0.2) is 54.0 Å². The lowest BCUT2D eigenvalue weighted by molar-refractivity contribution is -0.121. The molecule has 3 atom stereocenters. The predicted molar refractivity (Wildman–Crippen MR) is 99.5 cm³/mol. The van der Waals surface area contributed by atoms with Gasteiger partial charge in [-0.2, -0.15) is 11.8 Å². The van der Waals surface area contributed by atoms with Gasteiger partial charge in [0.1, 0.15) is 0 Å². The molecule has 2 aliphatic rings. The summed E-state index contributed by atoms with van der Waals surface area (Å²) in [6.07, 6.45) is 6.42. The summed E-state index contributed by atoms with van der Waals surface area (Å²) in [4.78, 5) is 33.8. The monoisotopic (exact) mass is 370 g/mol. The second-order valence-corrected chi connectivity index (χ2v) is 8.03. The van der Waals surface area contributed by atoms with Crippen LogP contribution in [-0.2, 0) is 9.59 Å². The van der Waals surface area contributed by atoms with Gasteiger partial charge in [0.2, 0.25) is 11.8 Å². The first-order valence-corrected chi connectivity index (χ1v) is 10.3. The van der Waals surface area contributed by atoms with Crippen molar-refractivity contribution in [3.05, 3.63) is 0 Å². The Morgan fingerprint density at radius 1 is 1.08 bits per heavy atom. The first-order valence-electron chi connectivity index (χ1n) is 9.26. The van der Waals surface area contributed by atoms with Crippen molar-refractivity contribution in [2.24, 2.45) is 0 Å². The molecule has 142 valence electrons. The van der Waals surface area contributed by atoms with E-state index in [1.165, 1.54) is 6.92 Å². The summed E-state index contributed by atoms with van der Waals surface area (Å²) in [6.45, 7) is 2.93. The third-order valence-corrected chi connectivity index (χ3v) is 6.14. The van der Waals surface area contributed by atoms with E-state index in [9.17, 15) is 14.4 Å². The molecule has 2 saturated heterocycles. The molecule has 0 aromatic heterocycles. The van der Waals surface area contributed by atoms with Crippen LogP contribution in [0.2, 0.25) is 0 Å². The number of thioether (sulfide) groups is 1. The SMILES string of the molecule is CC(=O)NCCCCCNC(=O)CCCC[C@@H]1SC[C@@H]2NC(=O)N[C@@H]21. The highest BCUT2D eigenvalue weighted by Gasteiger charge is 2.42. The Morgan fingerprint density at radius 2 is 1.84 bits per heavy atom. The number of amides is 4. The normalized spacial score (nSPS) is 24.4. The van der Waals surface area contributed by atoms with E-state index in [0.29, 0.717) is 24.8 Å². The maximum atomic E-state index is 11.8. The number of hydrogen-bond acceptors (Lipinski definition) is 4. The second-order valence-electron chi connectivity index (χ2n) is 6.76. The number of urea groups is 1. The lowest BCUT2D eigenvalue weighted by Crippen LogP contribution is -2.36. The molecule has 0 aromatic carbocycles. The Balaban J connectivity index is 1.42. The van der Waals surface area contributed by atoms with E-state index in [1.807, 2.05) is 11.8 Å². The highest BCUT2D eigenvalue weighted by Crippen LogP contribution is 2.33. The van der Waals surface area contributed by atoms with Gasteiger partial charge in [-0.05, 0) is 32.1 Å². The summed E-state index contributed by atoms with van der Waals surface area (Å²) in [5, 5.41) is 12.1. The van der Waals surface area contributed by atoms with Gasteiger partial charge < -0.3 is 21.3 Å². The topological polar surface area (TPSA) is 99.3 Å². The zero-order valence-electron chi connectivity index (χ0n) is 14.9. The first-order chi connectivity index (χ1) is 12.1. The molecule has 2 aliphatic heterocycles. The molecule has 0 saturated carbocycles. The molecule has 0 bridgehead atoms. The zero-order chi connectivity index (χ0) is 18.1. The van der Waals surface area contributed by atoms with E-state index >= 15 is 0 Å². The molecule has 2 heterocycles. The molecular weight excluding hydrogens is 340 g/mol. The van der Waals surface area contributed by atoms with E-state index in [1.54, 1.807) is 0 Å². The smallest absolute Gasteiger partial charge is 0.315 e. The number of hydrogen-bond donors (Lipinski definition) is 4. The molecule has 7 nitrogen and oxygen atoms in total. The van der Waals surface area contributed by atoms with Gasteiger partial charge in [0.25, 0.3) is 0 Å². The maximum Gasteiger partial charge on any atom is 0.315 e. The standard InChI is InChI=1S/C17H30N4O3S/c1-12(22)18-9-5-2-6-10-19-15(23)8-4-3-7-14-16-13(11-25-14)20-17(24)21-16/h13-14,16H,2-11H2,1H3,(H,18,22)(H,19,23)(H2,20,21,24)/t13-,14-,16-/m0/s1. The van der Waals surface area contributed by atoms with Crippen molar-refractivity contribution in [1.29, 1.82) is 0 Å². The molecular formula is C17H30N4O3S. The number of nitrogens with one attached hydrogen (secondary N) is 4. The summed E-state index contributed by atoms with van der Waals surface area (Å²) < 4.78 is 0. The van der Waals surface area contributed by atoms with Gasteiger partial charge >= 0.3 is 6.03 Å². The number of fused-ring (bicyclic) bond motifs is 1. The van der Waals surface area contributed by atoms with Crippen molar-refractivity contribution in [2.75, 3.05) is 18.8 Å². The summed E-state index contributed by atoms with van der Waals surface area (Å²) in [5.41, 5.74) is 0. The van der Waals surface area contributed by atoms with Crippen molar-refractivity contribution >= 4 is 29.6 Å². The molecule has 0 spiro atoms. The van der Waals surface area contributed by atoms with E-state index in [4.69, 9.17) is 0 Å². The molecule has 8 heteroatoms. The fourth-order valence-corrected chi connectivity index (χ4v) is 4.83. The summed E-state index contributed by atoms with van der Waals surface area (Å²) in [7, 11) is 0. The van der Waals surface area contributed by atoms with Gasteiger partial charge in [0.05, 0.1) is 12.1 Å². The van der Waals surface area contributed by atoms with Crippen LogP contribution < -0.4 is 21.3 Å². The third-order valence-electron chi connectivity index (χ3n) is 4.63. The van der Waals surface area contributed by atoms with E-state index in [-0.39, 0.29) is 29.9 Å². The van der Waals surface area contributed by atoms with E-state index < -0.39 is 0 Å². The molecule has 0 aromatic rings. The van der Waals surface area contributed by atoms with Crippen molar-refractivity contribution in [3.63, 3.8) is 0 Å². The molecule has 0 radical (unpaired) electrons. The van der Waals surface area contributed by atoms with Crippen LogP contribution >= 0.6 is 11.8 Å². The Labute approximate surface area is 153 Å². The summed E-state index contributed by atoms with van der Waals surface area (Å²) in [5.74, 6) is 1.11. The van der Waals surface area contributed by atoms with Crippen LogP contribution in [0, 0.1) is 0 Å². The Bertz CT molecular complexity index is 475. The highest BCUT2D eigenvalue weighted by atomic mass is 32.2. The van der Waals surface area contributed by atoms with Crippen molar-refractivity contribution in [1.82, 2.24) is 21.3 Å². The second kappa shape index (κ2) is 10.5. The van der Waals surface area contributed by atoms with E-state index in [2.05, 4.69) is 21.3 Å². The Morgan fingerprint density at radius 3 is 2.60 bits per heavy atom. The minimum atomic E-state index is -0.0447. The number of rotatable bonds is 11. The molecule has 2 fully saturated rings. The lowest BCUT2D eigenvalue weighted by Gasteiger charge is -2.16. The van der Waals surface area contributed by atoms with Crippen LogP contribution in [0.15, 0.2) is 0 Å². The molecule has 25 heavy (non-hydrogen) atoms. The number of unbranched alkanes of at least 4 members (excludes halogenated alkanes) is 3.